The number of esters is 1. The Kier molecular flexibility index (Phi) is 8.16. The topological polar surface area (TPSA) is 63.7 Å². The highest BCUT2D eigenvalue weighted by atomic mass is 16.5. The standard InChI is InChI=1S/C17H23NO3.C2H4O/c1-12-8-4-7-11-15(12)18(2)16(19)13-9-5-6-10-14(13)17(20)21-3;1-2-3/h5-6,9-10,12,15H,4,7-8,11H2,1-3H3;2H,1H3/t12?,15-;/m1./s1. The first-order valence-electron chi connectivity index (χ1n) is 8.32. The summed E-state index contributed by atoms with van der Waals surface area (Å²) in [7, 11) is 3.17. The maximum absolute atomic E-state index is 12.7. The van der Waals surface area contributed by atoms with E-state index in [2.05, 4.69) is 6.92 Å². The number of nitrogens with zero attached hydrogens (tertiary/aromatic N) is 1. The zero-order chi connectivity index (χ0) is 18.1. The zero-order valence-electron chi connectivity index (χ0n) is 15.0. The third-order valence-corrected chi connectivity index (χ3v) is 4.45. The third kappa shape index (κ3) is 4.91. The maximum atomic E-state index is 12.7. The zero-order valence-corrected chi connectivity index (χ0v) is 15.0. The van der Waals surface area contributed by atoms with Gasteiger partial charge in [-0.1, -0.05) is 31.9 Å². The first-order valence-corrected chi connectivity index (χ1v) is 8.32. The summed E-state index contributed by atoms with van der Waals surface area (Å²) in [6, 6.07) is 7.09. The van der Waals surface area contributed by atoms with E-state index in [-0.39, 0.29) is 11.9 Å². The van der Waals surface area contributed by atoms with E-state index in [9.17, 15) is 9.59 Å². The van der Waals surface area contributed by atoms with Crippen LogP contribution in [-0.2, 0) is 9.53 Å². The Balaban J connectivity index is 0.000000891. The van der Waals surface area contributed by atoms with E-state index >= 15 is 0 Å². The number of rotatable bonds is 3. The number of hydrogen-bond acceptors (Lipinski definition) is 4. The third-order valence-electron chi connectivity index (χ3n) is 4.45. The molecule has 1 aromatic carbocycles. The van der Waals surface area contributed by atoms with Gasteiger partial charge < -0.3 is 14.4 Å². The molecule has 5 heteroatoms. The number of amides is 1. The molecule has 1 aliphatic rings. The lowest BCUT2D eigenvalue weighted by Gasteiger charge is -2.36. The maximum Gasteiger partial charge on any atom is 0.338 e. The molecule has 0 spiro atoms. The number of carbonyl (C=O) groups is 3. The molecule has 1 amide bonds. The predicted octanol–water partition coefficient (Wildman–Crippen LogP) is 3.33. The summed E-state index contributed by atoms with van der Waals surface area (Å²) < 4.78 is 4.76. The van der Waals surface area contributed by atoms with Gasteiger partial charge in [0.15, 0.2) is 0 Å². The molecule has 2 atom stereocenters. The fourth-order valence-electron chi connectivity index (χ4n) is 3.17. The second-order valence-electron chi connectivity index (χ2n) is 6.02. The summed E-state index contributed by atoms with van der Waals surface area (Å²) in [5.74, 6) is -0.0724. The number of hydrogen-bond donors (Lipinski definition) is 0. The normalized spacial score (nSPS) is 19.5. The van der Waals surface area contributed by atoms with Crippen LogP contribution in [0.1, 0.15) is 60.2 Å². The molecule has 2 rings (SSSR count). The van der Waals surface area contributed by atoms with Crippen LogP contribution in [0.25, 0.3) is 0 Å². The first kappa shape index (κ1) is 19.9. The van der Waals surface area contributed by atoms with Crippen molar-refractivity contribution in [1.29, 1.82) is 0 Å². The molecule has 1 fully saturated rings. The van der Waals surface area contributed by atoms with Crippen LogP contribution in [0.5, 0.6) is 0 Å². The summed E-state index contributed by atoms with van der Waals surface area (Å²) in [5, 5.41) is 0. The number of carbonyl (C=O) groups excluding carboxylic acids is 3. The van der Waals surface area contributed by atoms with Crippen molar-refractivity contribution < 1.29 is 19.1 Å². The van der Waals surface area contributed by atoms with Crippen molar-refractivity contribution in [3.8, 4) is 0 Å². The largest absolute Gasteiger partial charge is 0.465 e. The number of benzene rings is 1. The Morgan fingerprint density at radius 1 is 1.17 bits per heavy atom. The smallest absolute Gasteiger partial charge is 0.338 e. The van der Waals surface area contributed by atoms with Crippen LogP contribution in [0.3, 0.4) is 0 Å². The molecule has 0 aromatic heterocycles. The predicted molar refractivity (Wildman–Crippen MR) is 93.0 cm³/mol. The van der Waals surface area contributed by atoms with Crippen molar-refractivity contribution >= 4 is 18.2 Å². The van der Waals surface area contributed by atoms with Crippen LogP contribution in [-0.4, -0.2) is 43.3 Å². The van der Waals surface area contributed by atoms with Gasteiger partial charge in [0.2, 0.25) is 0 Å². The first-order chi connectivity index (χ1) is 11.5. The van der Waals surface area contributed by atoms with Crippen molar-refractivity contribution in [2.24, 2.45) is 5.92 Å². The number of ether oxygens (including phenoxy) is 1. The molecule has 0 bridgehead atoms. The molecule has 0 N–H and O–H groups in total. The van der Waals surface area contributed by atoms with Gasteiger partial charge in [-0.25, -0.2) is 4.79 Å². The summed E-state index contributed by atoms with van der Waals surface area (Å²) in [4.78, 5) is 35.2. The van der Waals surface area contributed by atoms with Gasteiger partial charge in [0.05, 0.1) is 18.2 Å². The molecule has 0 radical (unpaired) electrons. The van der Waals surface area contributed by atoms with E-state index in [1.165, 1.54) is 20.5 Å². The number of aldehydes is 1. The van der Waals surface area contributed by atoms with E-state index in [0.29, 0.717) is 17.0 Å². The van der Waals surface area contributed by atoms with Gasteiger partial charge in [-0.3, -0.25) is 4.79 Å². The molecule has 132 valence electrons. The minimum Gasteiger partial charge on any atom is -0.465 e. The van der Waals surface area contributed by atoms with E-state index in [1.54, 1.807) is 29.2 Å². The monoisotopic (exact) mass is 333 g/mol. The van der Waals surface area contributed by atoms with Crippen molar-refractivity contribution in [3.63, 3.8) is 0 Å². The molecule has 0 heterocycles. The lowest BCUT2D eigenvalue weighted by molar-refractivity contribution is -0.106. The lowest BCUT2D eigenvalue weighted by Crippen LogP contribution is -2.43. The molecular weight excluding hydrogens is 306 g/mol. The van der Waals surface area contributed by atoms with Crippen LogP contribution < -0.4 is 0 Å². The summed E-state index contributed by atoms with van der Waals surface area (Å²) in [6.45, 7) is 3.64. The van der Waals surface area contributed by atoms with Crippen LogP contribution in [0.4, 0.5) is 0 Å². The van der Waals surface area contributed by atoms with Crippen molar-refractivity contribution in [2.45, 2.75) is 45.6 Å². The second-order valence-corrected chi connectivity index (χ2v) is 6.02. The Labute approximate surface area is 144 Å². The molecule has 5 nitrogen and oxygen atoms in total. The Morgan fingerprint density at radius 2 is 1.71 bits per heavy atom. The molecule has 0 aliphatic heterocycles. The molecule has 1 unspecified atom stereocenters. The minimum atomic E-state index is -0.468. The Bertz CT molecular complexity index is 570. The average molecular weight is 333 g/mol. The molecule has 24 heavy (non-hydrogen) atoms. The number of methoxy groups -OCH3 is 1. The van der Waals surface area contributed by atoms with Gasteiger partial charge in [0.25, 0.3) is 5.91 Å². The van der Waals surface area contributed by atoms with Gasteiger partial charge in [-0.15, -0.1) is 0 Å². The molecule has 0 saturated heterocycles. The van der Waals surface area contributed by atoms with Gasteiger partial charge in [0, 0.05) is 13.1 Å². The van der Waals surface area contributed by atoms with Crippen LogP contribution in [0.15, 0.2) is 24.3 Å². The van der Waals surface area contributed by atoms with Crippen LogP contribution >= 0.6 is 0 Å². The van der Waals surface area contributed by atoms with Crippen LogP contribution in [0.2, 0.25) is 0 Å². The van der Waals surface area contributed by atoms with Crippen molar-refractivity contribution in [3.05, 3.63) is 35.4 Å². The average Bonchev–Trinajstić information content (AvgIpc) is 2.61. The molecule has 1 aliphatic carbocycles. The fourth-order valence-corrected chi connectivity index (χ4v) is 3.17. The second kappa shape index (κ2) is 9.85. The Hall–Kier alpha value is -2.17. The quantitative estimate of drug-likeness (QED) is 0.629. The van der Waals surface area contributed by atoms with Crippen molar-refractivity contribution in [1.82, 2.24) is 4.90 Å². The van der Waals surface area contributed by atoms with E-state index in [0.717, 1.165) is 25.5 Å². The summed E-state index contributed by atoms with van der Waals surface area (Å²) in [6.07, 6.45) is 5.33. The van der Waals surface area contributed by atoms with E-state index < -0.39 is 5.97 Å². The SMILES string of the molecule is CC=O.COC(=O)c1ccccc1C(=O)N(C)[C@@H]1CCCCC1C. The molecular formula is C19H27NO4. The minimum absolute atomic E-state index is 0.102. The van der Waals surface area contributed by atoms with Gasteiger partial charge in [-0.2, -0.15) is 0 Å². The highest BCUT2D eigenvalue weighted by Crippen LogP contribution is 2.28. The fraction of sp³-hybridized carbons (Fsp3) is 0.526. The van der Waals surface area contributed by atoms with Gasteiger partial charge in [-0.05, 0) is 37.8 Å². The van der Waals surface area contributed by atoms with Gasteiger partial charge in [0.1, 0.15) is 6.29 Å². The molecule has 1 saturated carbocycles. The lowest BCUT2D eigenvalue weighted by atomic mass is 9.85. The van der Waals surface area contributed by atoms with Gasteiger partial charge >= 0.3 is 5.97 Å². The Morgan fingerprint density at radius 3 is 2.25 bits per heavy atom. The summed E-state index contributed by atoms with van der Waals surface area (Å²) in [5.41, 5.74) is 0.755. The van der Waals surface area contributed by atoms with E-state index in [1.807, 2.05) is 7.05 Å². The highest BCUT2D eigenvalue weighted by molar-refractivity contribution is 6.05. The van der Waals surface area contributed by atoms with Crippen molar-refractivity contribution in [2.75, 3.05) is 14.2 Å². The van der Waals surface area contributed by atoms with Crippen LogP contribution in [0, 0.1) is 5.92 Å². The highest BCUT2D eigenvalue weighted by Gasteiger charge is 2.30. The van der Waals surface area contributed by atoms with E-state index in [4.69, 9.17) is 9.53 Å². The summed E-state index contributed by atoms with van der Waals surface area (Å²) >= 11 is 0. The molecule has 1 aromatic rings.